The van der Waals surface area contributed by atoms with Crippen LogP contribution in [0.5, 0.6) is 0 Å². The Kier molecular flexibility index (Phi) is 5.92. The number of nitrogens with zero attached hydrogens (tertiary/aromatic N) is 1. The molecule has 3 unspecified atom stereocenters. The van der Waals surface area contributed by atoms with Gasteiger partial charge in [-0.25, -0.2) is 0 Å². The maximum atomic E-state index is 11.4. The largest absolute Gasteiger partial charge is 0.393 e. The highest BCUT2D eigenvalue weighted by Gasteiger charge is 2.56. The SMILES string of the molecule is C=C1CCC2[C@H](O)C(C3(C)CC[C@H](O)C[C@@H]3CCCN(C)C)CC[C@]12C. The first kappa shape index (κ1) is 20.4. The molecule has 0 heterocycles. The van der Waals surface area contributed by atoms with Gasteiger partial charge in [0.05, 0.1) is 12.2 Å². The summed E-state index contributed by atoms with van der Waals surface area (Å²) in [7, 11) is 4.27. The zero-order chi connectivity index (χ0) is 19.1. The molecule has 3 heteroatoms. The van der Waals surface area contributed by atoms with Crippen molar-refractivity contribution in [3.05, 3.63) is 12.2 Å². The summed E-state index contributed by atoms with van der Waals surface area (Å²) in [6, 6.07) is 0. The lowest BCUT2D eigenvalue weighted by atomic mass is 9.51. The van der Waals surface area contributed by atoms with E-state index in [-0.39, 0.29) is 23.0 Å². The molecule has 150 valence electrons. The Bertz CT molecular complexity index is 518. The topological polar surface area (TPSA) is 43.7 Å². The van der Waals surface area contributed by atoms with Crippen LogP contribution in [0.25, 0.3) is 0 Å². The summed E-state index contributed by atoms with van der Waals surface area (Å²) in [5.74, 6) is 1.29. The minimum atomic E-state index is -0.204. The lowest BCUT2D eigenvalue weighted by Gasteiger charge is -2.55. The minimum Gasteiger partial charge on any atom is -0.393 e. The van der Waals surface area contributed by atoms with E-state index in [0.29, 0.717) is 17.8 Å². The normalized spacial score (nSPS) is 46.6. The van der Waals surface area contributed by atoms with E-state index in [4.69, 9.17) is 0 Å². The molecule has 0 amide bonds. The highest BCUT2D eigenvalue weighted by Crippen LogP contribution is 2.61. The van der Waals surface area contributed by atoms with Gasteiger partial charge in [-0.1, -0.05) is 26.0 Å². The summed E-state index contributed by atoms with van der Waals surface area (Å²) in [6.07, 6.45) is 9.38. The zero-order valence-corrected chi connectivity index (χ0v) is 17.5. The molecule has 0 aromatic rings. The van der Waals surface area contributed by atoms with Crippen molar-refractivity contribution in [2.75, 3.05) is 20.6 Å². The second kappa shape index (κ2) is 7.56. The van der Waals surface area contributed by atoms with Gasteiger partial charge in [0, 0.05) is 0 Å². The van der Waals surface area contributed by atoms with Crippen LogP contribution < -0.4 is 0 Å². The van der Waals surface area contributed by atoms with E-state index < -0.39 is 0 Å². The molecule has 3 nitrogen and oxygen atoms in total. The summed E-state index contributed by atoms with van der Waals surface area (Å²) < 4.78 is 0. The molecule has 3 fully saturated rings. The van der Waals surface area contributed by atoms with Crippen molar-refractivity contribution in [2.24, 2.45) is 28.6 Å². The smallest absolute Gasteiger partial charge is 0.0610 e. The number of allylic oxidation sites excluding steroid dienone is 1. The Labute approximate surface area is 160 Å². The Morgan fingerprint density at radius 1 is 1.08 bits per heavy atom. The Morgan fingerprint density at radius 3 is 2.50 bits per heavy atom. The fourth-order valence-electron chi connectivity index (χ4n) is 6.72. The van der Waals surface area contributed by atoms with Gasteiger partial charge in [0.15, 0.2) is 0 Å². The van der Waals surface area contributed by atoms with Gasteiger partial charge >= 0.3 is 0 Å². The van der Waals surface area contributed by atoms with Crippen LogP contribution in [0.2, 0.25) is 0 Å². The average Bonchev–Trinajstić information content (AvgIpc) is 2.87. The predicted octanol–water partition coefficient (Wildman–Crippen LogP) is 4.24. The van der Waals surface area contributed by atoms with Crippen LogP contribution in [0.4, 0.5) is 0 Å². The Balaban J connectivity index is 1.77. The molecule has 0 aliphatic heterocycles. The van der Waals surface area contributed by atoms with E-state index in [1.807, 2.05) is 0 Å². The lowest BCUT2D eigenvalue weighted by Crippen LogP contribution is -2.52. The predicted molar refractivity (Wildman–Crippen MR) is 108 cm³/mol. The van der Waals surface area contributed by atoms with Gasteiger partial charge in [0.25, 0.3) is 0 Å². The van der Waals surface area contributed by atoms with Gasteiger partial charge in [0.2, 0.25) is 0 Å². The molecule has 3 rings (SSSR count). The van der Waals surface area contributed by atoms with Crippen LogP contribution in [0.3, 0.4) is 0 Å². The summed E-state index contributed by atoms with van der Waals surface area (Å²) in [4.78, 5) is 2.25. The first-order chi connectivity index (χ1) is 12.2. The van der Waals surface area contributed by atoms with E-state index in [1.165, 1.54) is 24.8 Å². The lowest BCUT2D eigenvalue weighted by molar-refractivity contribution is -0.120. The van der Waals surface area contributed by atoms with Crippen molar-refractivity contribution < 1.29 is 10.2 Å². The molecular formula is C23H41NO2. The molecule has 0 spiro atoms. The third-order valence-corrected chi connectivity index (χ3v) is 8.69. The van der Waals surface area contributed by atoms with E-state index in [2.05, 4.69) is 39.4 Å². The molecule has 3 aliphatic carbocycles. The van der Waals surface area contributed by atoms with Gasteiger partial charge in [-0.2, -0.15) is 0 Å². The fourth-order valence-corrected chi connectivity index (χ4v) is 6.72. The number of aliphatic hydroxyl groups is 2. The first-order valence-electron chi connectivity index (χ1n) is 10.9. The molecule has 7 atom stereocenters. The van der Waals surface area contributed by atoms with E-state index >= 15 is 0 Å². The van der Waals surface area contributed by atoms with Gasteiger partial charge < -0.3 is 15.1 Å². The van der Waals surface area contributed by atoms with Crippen molar-refractivity contribution in [3.63, 3.8) is 0 Å². The molecule has 0 aromatic carbocycles. The number of rotatable bonds is 5. The number of hydrogen-bond donors (Lipinski definition) is 2. The van der Waals surface area contributed by atoms with Crippen molar-refractivity contribution in [3.8, 4) is 0 Å². The Hall–Kier alpha value is -0.380. The maximum absolute atomic E-state index is 11.4. The second-order valence-corrected chi connectivity index (χ2v) is 10.4. The zero-order valence-electron chi connectivity index (χ0n) is 17.5. The van der Waals surface area contributed by atoms with Crippen molar-refractivity contribution in [1.29, 1.82) is 0 Å². The summed E-state index contributed by atoms with van der Waals surface area (Å²) >= 11 is 0. The van der Waals surface area contributed by atoms with Gasteiger partial charge in [-0.05, 0) is 107 Å². The summed E-state index contributed by atoms with van der Waals surface area (Å²) in [6.45, 7) is 10.2. The van der Waals surface area contributed by atoms with Gasteiger partial charge in [-0.3, -0.25) is 0 Å². The number of aliphatic hydroxyl groups excluding tert-OH is 2. The van der Waals surface area contributed by atoms with Crippen molar-refractivity contribution in [2.45, 2.75) is 83.8 Å². The van der Waals surface area contributed by atoms with Gasteiger partial charge in [-0.15, -0.1) is 0 Å². The number of fused-ring (bicyclic) bond motifs is 1. The third-order valence-electron chi connectivity index (χ3n) is 8.69. The van der Waals surface area contributed by atoms with Crippen LogP contribution in [-0.2, 0) is 0 Å². The summed E-state index contributed by atoms with van der Waals surface area (Å²) in [5, 5.41) is 21.8. The van der Waals surface area contributed by atoms with Crippen LogP contribution in [-0.4, -0.2) is 48.0 Å². The molecule has 0 saturated heterocycles. The maximum Gasteiger partial charge on any atom is 0.0610 e. The fraction of sp³-hybridized carbons (Fsp3) is 0.913. The molecule has 2 N–H and O–H groups in total. The summed E-state index contributed by atoms with van der Waals surface area (Å²) in [5.41, 5.74) is 1.68. The van der Waals surface area contributed by atoms with Crippen LogP contribution in [0.1, 0.15) is 71.6 Å². The molecule has 0 aromatic heterocycles. The number of hydrogen-bond acceptors (Lipinski definition) is 3. The quantitative estimate of drug-likeness (QED) is 0.718. The van der Waals surface area contributed by atoms with E-state index in [9.17, 15) is 10.2 Å². The molecule has 3 saturated carbocycles. The third kappa shape index (κ3) is 3.52. The van der Waals surface area contributed by atoms with Crippen molar-refractivity contribution in [1.82, 2.24) is 4.90 Å². The van der Waals surface area contributed by atoms with Crippen molar-refractivity contribution >= 4 is 0 Å². The van der Waals surface area contributed by atoms with Crippen LogP contribution >= 0.6 is 0 Å². The molecule has 26 heavy (non-hydrogen) atoms. The van der Waals surface area contributed by atoms with Crippen LogP contribution in [0, 0.1) is 28.6 Å². The van der Waals surface area contributed by atoms with Crippen LogP contribution in [0.15, 0.2) is 12.2 Å². The molecule has 0 radical (unpaired) electrons. The minimum absolute atomic E-state index is 0.148. The van der Waals surface area contributed by atoms with Gasteiger partial charge in [0.1, 0.15) is 0 Å². The molecule has 3 aliphatic rings. The Morgan fingerprint density at radius 2 is 1.81 bits per heavy atom. The van der Waals surface area contributed by atoms with E-state index in [1.54, 1.807) is 0 Å². The molecular weight excluding hydrogens is 322 g/mol. The molecule has 0 bridgehead atoms. The highest BCUT2D eigenvalue weighted by atomic mass is 16.3. The van der Waals surface area contributed by atoms with E-state index in [0.717, 1.165) is 45.1 Å². The highest BCUT2D eigenvalue weighted by molar-refractivity contribution is 5.21. The average molecular weight is 364 g/mol. The standard InChI is InChI=1S/C23H41NO2/c1-16-8-9-19-21(26)20(11-13-22(16,19)2)23(3)12-10-18(25)15-17(23)7-6-14-24(4)5/h17-21,25-26H,1,6-15H2,2-5H3/t17-,18-,19?,20?,21-,22+,23?/m0/s1. The first-order valence-corrected chi connectivity index (χ1v) is 10.9. The monoisotopic (exact) mass is 363 g/mol. The second-order valence-electron chi connectivity index (χ2n) is 10.4.